The molecule has 1 aliphatic rings. The minimum Gasteiger partial charge on any atom is -0.481 e. The Balaban J connectivity index is 1.91. The predicted molar refractivity (Wildman–Crippen MR) is 90.5 cm³/mol. The third-order valence-electron chi connectivity index (χ3n) is 4.54. The second-order valence-corrected chi connectivity index (χ2v) is 6.65. The van der Waals surface area contributed by atoms with Crippen LogP contribution in [0.2, 0.25) is 5.02 Å². The lowest BCUT2D eigenvalue weighted by Gasteiger charge is -2.18. The van der Waals surface area contributed by atoms with Crippen LogP contribution in [0.5, 0.6) is 0 Å². The summed E-state index contributed by atoms with van der Waals surface area (Å²) in [5, 5.41) is 9.97. The summed E-state index contributed by atoms with van der Waals surface area (Å²) in [6.07, 6.45) is -3.63. The topological polar surface area (TPSA) is 70.5 Å². The van der Waals surface area contributed by atoms with E-state index in [9.17, 15) is 27.9 Å². The molecule has 3 rings (SSSR count). The molecular formula is C18H14ClF3N2O3. The highest BCUT2D eigenvalue weighted by atomic mass is 35.5. The van der Waals surface area contributed by atoms with Gasteiger partial charge in [-0.1, -0.05) is 23.7 Å². The number of hydrogen-bond acceptors (Lipinski definition) is 3. The van der Waals surface area contributed by atoms with Gasteiger partial charge in [0.2, 0.25) is 0 Å². The van der Waals surface area contributed by atoms with E-state index in [1.54, 1.807) is 24.3 Å². The van der Waals surface area contributed by atoms with Crippen LogP contribution in [-0.4, -0.2) is 40.0 Å². The van der Waals surface area contributed by atoms with Crippen molar-refractivity contribution in [3.8, 4) is 0 Å². The Labute approximate surface area is 157 Å². The van der Waals surface area contributed by atoms with Crippen molar-refractivity contribution in [1.29, 1.82) is 0 Å². The van der Waals surface area contributed by atoms with Crippen molar-refractivity contribution in [2.45, 2.75) is 12.1 Å². The van der Waals surface area contributed by atoms with Crippen molar-refractivity contribution < 1.29 is 27.9 Å². The van der Waals surface area contributed by atoms with Crippen LogP contribution in [0.3, 0.4) is 0 Å². The molecule has 5 nitrogen and oxygen atoms in total. The number of aliphatic carboxylic acids is 1. The van der Waals surface area contributed by atoms with Gasteiger partial charge in [-0.2, -0.15) is 13.2 Å². The first-order valence-electron chi connectivity index (χ1n) is 7.98. The number of alkyl halides is 3. The highest BCUT2D eigenvalue weighted by Gasteiger charge is 2.43. The molecule has 2 atom stereocenters. The quantitative estimate of drug-likeness (QED) is 0.856. The zero-order valence-electron chi connectivity index (χ0n) is 13.8. The van der Waals surface area contributed by atoms with Crippen LogP contribution in [0.1, 0.15) is 27.5 Å². The van der Waals surface area contributed by atoms with Crippen molar-refractivity contribution in [2.24, 2.45) is 5.92 Å². The second kappa shape index (κ2) is 7.19. The van der Waals surface area contributed by atoms with Gasteiger partial charge in [0.05, 0.1) is 11.5 Å². The predicted octanol–water partition coefficient (Wildman–Crippen LogP) is 3.69. The van der Waals surface area contributed by atoms with Crippen LogP contribution < -0.4 is 0 Å². The average Bonchev–Trinajstić information content (AvgIpc) is 3.06. The van der Waals surface area contributed by atoms with E-state index in [4.69, 9.17) is 11.6 Å². The molecule has 0 spiro atoms. The molecule has 1 fully saturated rings. The molecule has 1 aromatic heterocycles. The zero-order chi connectivity index (χ0) is 19.8. The van der Waals surface area contributed by atoms with Crippen molar-refractivity contribution >= 4 is 23.5 Å². The van der Waals surface area contributed by atoms with E-state index in [2.05, 4.69) is 4.98 Å². The third-order valence-corrected chi connectivity index (χ3v) is 4.79. The van der Waals surface area contributed by atoms with E-state index >= 15 is 0 Å². The fourth-order valence-corrected chi connectivity index (χ4v) is 3.35. The molecule has 0 radical (unpaired) electrons. The summed E-state index contributed by atoms with van der Waals surface area (Å²) < 4.78 is 39.5. The van der Waals surface area contributed by atoms with Gasteiger partial charge in [0.15, 0.2) is 0 Å². The summed E-state index contributed by atoms with van der Waals surface area (Å²) in [6.45, 7) is -0.222. The minimum absolute atomic E-state index is 0.0225. The van der Waals surface area contributed by atoms with Gasteiger partial charge in [-0.15, -0.1) is 0 Å². The van der Waals surface area contributed by atoms with Gasteiger partial charge < -0.3 is 10.0 Å². The first kappa shape index (κ1) is 19.2. The van der Waals surface area contributed by atoms with E-state index in [1.165, 1.54) is 0 Å². The number of carbonyl (C=O) groups is 2. The largest absolute Gasteiger partial charge is 0.481 e. The molecule has 0 unspecified atom stereocenters. The number of benzene rings is 1. The Kier molecular flexibility index (Phi) is 5.10. The Morgan fingerprint density at radius 3 is 2.41 bits per heavy atom. The number of pyridine rings is 1. The minimum atomic E-state index is -4.74. The Hall–Kier alpha value is -2.61. The average molecular weight is 399 g/mol. The molecule has 1 N–H and O–H groups in total. The maximum absolute atomic E-state index is 13.2. The molecule has 0 aliphatic carbocycles. The molecule has 27 heavy (non-hydrogen) atoms. The highest BCUT2D eigenvalue weighted by molar-refractivity contribution is 6.30. The second-order valence-electron chi connectivity index (χ2n) is 6.21. The fraction of sp³-hybridized carbons (Fsp3) is 0.278. The maximum Gasteiger partial charge on any atom is 0.418 e. The molecule has 142 valence electrons. The zero-order valence-corrected chi connectivity index (χ0v) is 14.5. The molecule has 1 amide bonds. The SMILES string of the molecule is O=C(O)[C@@H]1CN(C(=O)c2ncccc2C(F)(F)F)C[C@H]1c1ccc(Cl)cc1. The van der Waals surface area contributed by atoms with Crippen molar-refractivity contribution in [1.82, 2.24) is 9.88 Å². The number of rotatable bonds is 3. The van der Waals surface area contributed by atoms with E-state index in [0.717, 1.165) is 23.2 Å². The molecule has 9 heteroatoms. The molecule has 1 aromatic carbocycles. The number of halogens is 4. The standard InChI is InChI=1S/C18H14ClF3N2O3/c19-11-5-3-10(4-6-11)12-8-24(9-13(12)17(26)27)16(25)15-14(18(20,21)22)2-1-7-23-15/h1-7,12-13H,8-9H2,(H,26,27)/t12-,13+/m0/s1. The Morgan fingerprint density at radius 1 is 1.15 bits per heavy atom. The van der Waals surface area contributed by atoms with E-state index in [1.807, 2.05) is 0 Å². The van der Waals surface area contributed by atoms with E-state index in [0.29, 0.717) is 10.6 Å². The fourth-order valence-electron chi connectivity index (χ4n) is 3.22. The van der Waals surface area contributed by atoms with Gasteiger partial charge in [0, 0.05) is 30.2 Å². The molecule has 1 aliphatic heterocycles. The first-order valence-corrected chi connectivity index (χ1v) is 8.36. The number of carboxylic acids is 1. The Bertz CT molecular complexity index is 871. The van der Waals surface area contributed by atoms with Gasteiger partial charge in [-0.3, -0.25) is 14.6 Å². The smallest absolute Gasteiger partial charge is 0.418 e. The first-order chi connectivity index (χ1) is 12.7. The number of aromatic nitrogens is 1. The van der Waals surface area contributed by atoms with Crippen LogP contribution in [0.15, 0.2) is 42.6 Å². The summed E-state index contributed by atoms with van der Waals surface area (Å²) >= 11 is 5.84. The lowest BCUT2D eigenvalue weighted by atomic mass is 9.89. The molecule has 2 aromatic rings. The lowest BCUT2D eigenvalue weighted by Crippen LogP contribution is -2.32. The van der Waals surface area contributed by atoms with Crippen LogP contribution in [0.25, 0.3) is 0 Å². The van der Waals surface area contributed by atoms with Crippen molar-refractivity contribution in [3.05, 3.63) is 64.4 Å². The number of hydrogen-bond donors (Lipinski definition) is 1. The molecule has 2 heterocycles. The monoisotopic (exact) mass is 398 g/mol. The summed E-state index contributed by atoms with van der Waals surface area (Å²) in [6, 6.07) is 8.38. The van der Waals surface area contributed by atoms with Crippen LogP contribution >= 0.6 is 11.6 Å². The van der Waals surface area contributed by atoms with Gasteiger partial charge in [0.25, 0.3) is 5.91 Å². The number of amides is 1. The van der Waals surface area contributed by atoms with Gasteiger partial charge in [-0.25, -0.2) is 0 Å². The van der Waals surface area contributed by atoms with Gasteiger partial charge in [-0.05, 0) is 29.8 Å². The highest BCUT2D eigenvalue weighted by Crippen LogP contribution is 2.36. The number of carboxylic acid groups (broad SMARTS) is 1. The number of nitrogens with zero attached hydrogens (tertiary/aromatic N) is 2. The van der Waals surface area contributed by atoms with Crippen LogP contribution in [0, 0.1) is 5.92 Å². The number of likely N-dealkylation sites (tertiary alicyclic amines) is 1. The summed E-state index contributed by atoms with van der Waals surface area (Å²) in [4.78, 5) is 29.0. The summed E-state index contributed by atoms with van der Waals surface area (Å²) in [5.41, 5.74) is -1.22. The molecular weight excluding hydrogens is 385 g/mol. The summed E-state index contributed by atoms with van der Waals surface area (Å²) in [5.74, 6) is -3.55. The molecule has 1 saturated heterocycles. The Morgan fingerprint density at radius 2 is 1.81 bits per heavy atom. The van der Waals surface area contributed by atoms with Crippen molar-refractivity contribution in [2.75, 3.05) is 13.1 Å². The normalized spacial score (nSPS) is 19.9. The third kappa shape index (κ3) is 3.90. The molecule has 0 saturated carbocycles. The van der Waals surface area contributed by atoms with Gasteiger partial charge >= 0.3 is 12.1 Å². The lowest BCUT2D eigenvalue weighted by molar-refractivity contribution is -0.142. The van der Waals surface area contributed by atoms with Gasteiger partial charge in [0.1, 0.15) is 5.69 Å². The van der Waals surface area contributed by atoms with E-state index < -0.39 is 41.1 Å². The van der Waals surface area contributed by atoms with Crippen LogP contribution in [-0.2, 0) is 11.0 Å². The number of carbonyl (C=O) groups excluding carboxylic acids is 1. The van der Waals surface area contributed by atoms with Crippen LogP contribution in [0.4, 0.5) is 13.2 Å². The summed E-state index contributed by atoms with van der Waals surface area (Å²) in [7, 11) is 0. The maximum atomic E-state index is 13.2. The van der Waals surface area contributed by atoms with E-state index in [-0.39, 0.29) is 13.1 Å². The molecule has 0 bridgehead atoms. The van der Waals surface area contributed by atoms with Crippen molar-refractivity contribution in [3.63, 3.8) is 0 Å².